The molecule has 7 heteroatoms. The van der Waals surface area contributed by atoms with Crippen molar-refractivity contribution in [1.82, 2.24) is 14.6 Å². The van der Waals surface area contributed by atoms with E-state index < -0.39 is 17.7 Å². The Kier molecular flexibility index (Phi) is 3.36. The Morgan fingerprint density at radius 2 is 1.93 bits per heavy atom. The van der Waals surface area contributed by atoms with Crippen molar-refractivity contribution in [3.8, 4) is 0 Å². The van der Waals surface area contributed by atoms with Crippen LogP contribution in [0.1, 0.15) is 43.0 Å². The average Bonchev–Trinajstić information content (AvgIpc) is 3.16. The summed E-state index contributed by atoms with van der Waals surface area (Å²) in [6.07, 6.45) is 8.51. The molecule has 1 aromatic carbocycles. The van der Waals surface area contributed by atoms with Crippen LogP contribution in [-0.4, -0.2) is 26.7 Å². The summed E-state index contributed by atoms with van der Waals surface area (Å²) in [6.45, 7) is 2.84. The van der Waals surface area contributed by atoms with E-state index in [1.165, 1.54) is 17.1 Å². The van der Waals surface area contributed by atoms with E-state index in [2.05, 4.69) is 14.7 Å². The van der Waals surface area contributed by atoms with E-state index in [9.17, 15) is 13.6 Å². The number of imidazole rings is 1. The molecule has 3 fully saturated rings. The molecule has 2 heterocycles. The number of hydrogen-bond donors (Lipinski definition) is 0. The van der Waals surface area contributed by atoms with Gasteiger partial charge in [-0.05, 0) is 49.3 Å². The van der Waals surface area contributed by atoms with Gasteiger partial charge in [-0.25, -0.2) is 18.8 Å². The number of rotatable bonds is 4. The molecule has 0 radical (unpaired) electrons. The summed E-state index contributed by atoms with van der Waals surface area (Å²) in [4.78, 5) is 17.4. The second kappa shape index (κ2) is 5.47. The lowest BCUT2D eigenvalue weighted by Gasteiger charge is -2.69. The highest BCUT2D eigenvalue weighted by Crippen LogP contribution is 2.74. The molecule has 1 unspecified atom stereocenters. The molecule has 1 atom stereocenters. The molecule has 0 N–H and O–H groups in total. The maximum absolute atomic E-state index is 13.6. The van der Waals surface area contributed by atoms with Crippen LogP contribution in [0.2, 0.25) is 0 Å². The number of hydrogen-bond acceptors (Lipinski definition) is 3. The molecule has 1 aliphatic heterocycles. The molecular formula is C20H20F2N4O. The molecule has 4 aliphatic rings. The average molecular weight is 370 g/mol. The highest BCUT2D eigenvalue weighted by molar-refractivity contribution is 5.88. The van der Waals surface area contributed by atoms with Gasteiger partial charge in [0.1, 0.15) is 11.6 Å². The molecule has 140 valence electrons. The van der Waals surface area contributed by atoms with Crippen LogP contribution in [0.15, 0.2) is 35.8 Å². The van der Waals surface area contributed by atoms with Crippen molar-refractivity contribution in [2.45, 2.75) is 45.2 Å². The molecule has 27 heavy (non-hydrogen) atoms. The molecule has 0 saturated heterocycles. The number of aromatic nitrogens is 2. The summed E-state index contributed by atoms with van der Waals surface area (Å²) < 4.78 is 29.3. The van der Waals surface area contributed by atoms with Crippen LogP contribution in [0.3, 0.4) is 0 Å². The topological polar surface area (TPSA) is 50.5 Å². The second-order valence-corrected chi connectivity index (χ2v) is 8.40. The van der Waals surface area contributed by atoms with Gasteiger partial charge in [0.2, 0.25) is 5.91 Å². The Morgan fingerprint density at radius 3 is 2.56 bits per heavy atom. The summed E-state index contributed by atoms with van der Waals surface area (Å²) in [5, 5.41) is 5.68. The van der Waals surface area contributed by atoms with E-state index in [0.717, 1.165) is 37.6 Å². The highest BCUT2D eigenvalue weighted by Gasteiger charge is 2.72. The third-order valence-electron chi connectivity index (χ3n) is 6.18. The number of hydrazone groups is 1. The van der Waals surface area contributed by atoms with Crippen LogP contribution in [0.5, 0.6) is 0 Å². The summed E-state index contributed by atoms with van der Waals surface area (Å²) in [5.74, 6) is -1.29. The SMILES string of the molecule is Cc1cn(CC23CC(C(=O)N4N=CCC4c4cc(F)cc(F)c4)(C2)C3)cn1. The van der Waals surface area contributed by atoms with Crippen molar-refractivity contribution in [1.29, 1.82) is 0 Å². The second-order valence-electron chi connectivity index (χ2n) is 8.40. The van der Waals surface area contributed by atoms with Crippen molar-refractivity contribution in [3.05, 3.63) is 53.6 Å². The Balaban J connectivity index is 1.30. The minimum Gasteiger partial charge on any atom is -0.337 e. The van der Waals surface area contributed by atoms with E-state index in [1.807, 2.05) is 19.4 Å². The van der Waals surface area contributed by atoms with E-state index in [-0.39, 0.29) is 16.7 Å². The standard InChI is InChI=1S/C20H20F2N4O/c1-13-7-25(12-23-13)11-19-8-20(9-19,10-19)18(27)26-17(2-3-24-26)14-4-15(21)6-16(22)5-14/h3-7,12,17H,2,8-11H2,1H3. The van der Waals surface area contributed by atoms with E-state index in [1.54, 1.807) is 6.21 Å². The minimum atomic E-state index is -0.635. The molecular weight excluding hydrogens is 350 g/mol. The van der Waals surface area contributed by atoms with Gasteiger partial charge >= 0.3 is 0 Å². The van der Waals surface area contributed by atoms with Crippen LogP contribution in [0.25, 0.3) is 0 Å². The molecule has 6 rings (SSSR count). The fourth-order valence-electron chi connectivity index (χ4n) is 5.24. The Morgan fingerprint density at radius 1 is 1.22 bits per heavy atom. The highest BCUT2D eigenvalue weighted by atomic mass is 19.1. The van der Waals surface area contributed by atoms with Gasteiger partial charge in [-0.1, -0.05) is 0 Å². The van der Waals surface area contributed by atoms with Crippen molar-refractivity contribution >= 4 is 12.1 Å². The molecule has 3 saturated carbocycles. The number of benzene rings is 1. The smallest absolute Gasteiger partial charge is 0.249 e. The van der Waals surface area contributed by atoms with Crippen LogP contribution in [0, 0.1) is 29.4 Å². The van der Waals surface area contributed by atoms with Crippen molar-refractivity contribution in [2.24, 2.45) is 15.9 Å². The summed E-state index contributed by atoms with van der Waals surface area (Å²) >= 11 is 0. The zero-order valence-corrected chi connectivity index (χ0v) is 15.0. The van der Waals surface area contributed by atoms with Gasteiger partial charge in [0.15, 0.2) is 0 Å². The van der Waals surface area contributed by atoms with E-state index in [0.29, 0.717) is 12.0 Å². The zero-order chi connectivity index (χ0) is 18.8. The maximum atomic E-state index is 13.6. The van der Waals surface area contributed by atoms with Crippen molar-refractivity contribution in [3.63, 3.8) is 0 Å². The number of carbonyl (C=O) groups excluding carboxylic acids is 1. The zero-order valence-electron chi connectivity index (χ0n) is 15.0. The molecule has 0 spiro atoms. The summed E-state index contributed by atoms with van der Waals surface area (Å²) in [7, 11) is 0. The molecule has 1 aromatic heterocycles. The van der Waals surface area contributed by atoms with E-state index in [4.69, 9.17) is 0 Å². The largest absolute Gasteiger partial charge is 0.337 e. The maximum Gasteiger partial charge on any atom is 0.249 e. The van der Waals surface area contributed by atoms with E-state index >= 15 is 0 Å². The number of nitrogens with zero attached hydrogens (tertiary/aromatic N) is 4. The van der Waals surface area contributed by atoms with Gasteiger partial charge < -0.3 is 4.57 Å². The first-order chi connectivity index (χ1) is 12.9. The third kappa shape index (κ3) is 2.51. The van der Waals surface area contributed by atoms with Crippen LogP contribution >= 0.6 is 0 Å². The molecule has 1 amide bonds. The normalized spacial score (nSPS) is 30.9. The van der Waals surface area contributed by atoms with Crippen molar-refractivity contribution in [2.75, 3.05) is 0 Å². The Labute approximate surface area is 155 Å². The van der Waals surface area contributed by atoms with Gasteiger partial charge in [0, 0.05) is 31.4 Å². The lowest BCUT2D eigenvalue weighted by molar-refractivity contribution is -0.222. The lowest BCUT2D eigenvalue weighted by atomic mass is 9.34. The van der Waals surface area contributed by atoms with Crippen molar-refractivity contribution < 1.29 is 13.6 Å². The quantitative estimate of drug-likeness (QED) is 0.826. The number of halogens is 2. The predicted octanol–water partition coefficient (Wildman–Crippen LogP) is 3.60. The van der Waals surface area contributed by atoms with Crippen LogP contribution in [0.4, 0.5) is 8.78 Å². The minimum absolute atomic E-state index is 0.0189. The number of amides is 1. The molecule has 2 bridgehead atoms. The number of aryl methyl sites for hydroxylation is 1. The Hall–Kier alpha value is -2.57. The summed E-state index contributed by atoms with van der Waals surface area (Å²) in [5.41, 5.74) is 1.26. The monoisotopic (exact) mass is 370 g/mol. The Bertz CT molecular complexity index is 927. The van der Waals surface area contributed by atoms with Gasteiger partial charge in [-0.2, -0.15) is 5.10 Å². The van der Waals surface area contributed by atoms with Crippen LogP contribution < -0.4 is 0 Å². The summed E-state index contributed by atoms with van der Waals surface area (Å²) in [6, 6.07) is 2.99. The first kappa shape index (κ1) is 16.6. The van der Waals surface area contributed by atoms with Gasteiger partial charge in [-0.15, -0.1) is 0 Å². The third-order valence-corrected chi connectivity index (χ3v) is 6.18. The van der Waals surface area contributed by atoms with Gasteiger partial charge in [0.05, 0.1) is 23.5 Å². The first-order valence-electron chi connectivity index (χ1n) is 9.19. The molecule has 2 aromatic rings. The van der Waals surface area contributed by atoms with Gasteiger partial charge in [0.25, 0.3) is 0 Å². The predicted molar refractivity (Wildman–Crippen MR) is 94.7 cm³/mol. The molecule has 5 nitrogen and oxygen atoms in total. The lowest BCUT2D eigenvalue weighted by Crippen LogP contribution is -2.68. The fraction of sp³-hybridized carbons (Fsp3) is 0.450. The van der Waals surface area contributed by atoms with Gasteiger partial charge in [-0.3, -0.25) is 4.79 Å². The fourth-order valence-corrected chi connectivity index (χ4v) is 5.24. The number of carbonyl (C=O) groups is 1. The van der Waals surface area contributed by atoms with Crippen LogP contribution in [-0.2, 0) is 11.3 Å². The molecule has 3 aliphatic carbocycles. The first-order valence-corrected chi connectivity index (χ1v) is 9.19.